The number of benzene rings is 1. The van der Waals surface area contributed by atoms with E-state index in [1.165, 1.54) is 0 Å². The average Bonchev–Trinajstić information content (AvgIpc) is 3.01. The molecule has 3 heterocycles. The van der Waals surface area contributed by atoms with Gasteiger partial charge in [-0.25, -0.2) is 9.97 Å². The molecule has 0 bridgehead atoms. The van der Waals surface area contributed by atoms with Gasteiger partial charge in [0.1, 0.15) is 11.3 Å². The van der Waals surface area contributed by atoms with Crippen LogP contribution in [-0.4, -0.2) is 56.8 Å². The van der Waals surface area contributed by atoms with E-state index in [-0.39, 0.29) is 5.54 Å². The normalized spacial score (nSPS) is 18.0. The largest absolute Gasteiger partial charge is 0.494 e. The van der Waals surface area contributed by atoms with Gasteiger partial charge in [0.05, 0.1) is 13.7 Å². The third-order valence-electron chi connectivity index (χ3n) is 4.86. The third-order valence-corrected chi connectivity index (χ3v) is 4.86. The number of anilines is 1. The van der Waals surface area contributed by atoms with Crippen molar-refractivity contribution in [1.82, 2.24) is 29.8 Å². The molecule has 4 rings (SSSR count). The summed E-state index contributed by atoms with van der Waals surface area (Å²) in [4.78, 5) is 11.6. The van der Waals surface area contributed by atoms with Crippen LogP contribution >= 0.6 is 0 Å². The molecule has 0 aliphatic carbocycles. The number of fused-ring (bicyclic) bond motifs is 3. The zero-order chi connectivity index (χ0) is 17.6. The van der Waals surface area contributed by atoms with Gasteiger partial charge in [-0.2, -0.15) is 4.52 Å². The highest BCUT2D eigenvalue weighted by molar-refractivity contribution is 5.95. The Morgan fingerprint density at radius 1 is 1.32 bits per heavy atom. The van der Waals surface area contributed by atoms with Crippen LogP contribution < -0.4 is 15.8 Å². The van der Waals surface area contributed by atoms with Crippen LogP contribution in [0.5, 0.6) is 5.75 Å². The molecule has 1 fully saturated rings. The number of hydrogen-bond acceptors (Lipinski definition) is 7. The summed E-state index contributed by atoms with van der Waals surface area (Å²) >= 11 is 0. The van der Waals surface area contributed by atoms with Gasteiger partial charge in [-0.3, -0.25) is 4.90 Å². The summed E-state index contributed by atoms with van der Waals surface area (Å²) in [5, 5.41) is 8.91. The number of nitrogens with one attached hydrogen (secondary N) is 1. The Morgan fingerprint density at radius 2 is 2.16 bits per heavy atom. The van der Waals surface area contributed by atoms with Crippen molar-refractivity contribution in [3.8, 4) is 5.75 Å². The third kappa shape index (κ3) is 2.67. The fourth-order valence-electron chi connectivity index (χ4n) is 3.39. The van der Waals surface area contributed by atoms with E-state index in [1.54, 1.807) is 11.6 Å². The van der Waals surface area contributed by atoms with Crippen molar-refractivity contribution in [1.29, 1.82) is 0 Å². The lowest BCUT2D eigenvalue weighted by Crippen LogP contribution is -2.57. The first kappa shape index (κ1) is 16.0. The maximum absolute atomic E-state index is 6.12. The van der Waals surface area contributed by atoms with E-state index >= 15 is 0 Å². The van der Waals surface area contributed by atoms with Crippen molar-refractivity contribution >= 4 is 22.5 Å². The second-order valence-corrected chi connectivity index (χ2v) is 7.00. The van der Waals surface area contributed by atoms with Crippen molar-refractivity contribution in [2.24, 2.45) is 0 Å². The monoisotopic (exact) mass is 341 g/mol. The molecule has 0 unspecified atom stereocenters. The van der Waals surface area contributed by atoms with Crippen LogP contribution in [0.25, 0.3) is 16.6 Å². The molecule has 1 saturated heterocycles. The Morgan fingerprint density at radius 3 is 2.92 bits per heavy atom. The number of piperazine rings is 1. The summed E-state index contributed by atoms with van der Waals surface area (Å²) in [6.07, 6.45) is 0. The molecule has 0 radical (unpaired) electrons. The van der Waals surface area contributed by atoms with Gasteiger partial charge in [0, 0.05) is 30.6 Å². The molecule has 0 atom stereocenters. The van der Waals surface area contributed by atoms with Gasteiger partial charge in [-0.1, -0.05) is 6.07 Å². The minimum absolute atomic E-state index is 0.0603. The molecule has 132 valence electrons. The van der Waals surface area contributed by atoms with Gasteiger partial charge in [-0.15, -0.1) is 5.10 Å². The number of nitrogens with zero attached hydrogens (tertiary/aromatic N) is 5. The van der Waals surface area contributed by atoms with Crippen LogP contribution in [0, 0.1) is 0 Å². The molecule has 8 heteroatoms. The Bertz CT molecular complexity index is 934. The minimum atomic E-state index is 0.0603. The molecule has 0 amide bonds. The minimum Gasteiger partial charge on any atom is -0.494 e. The van der Waals surface area contributed by atoms with Crippen LogP contribution in [-0.2, 0) is 6.54 Å². The zero-order valence-corrected chi connectivity index (χ0v) is 14.8. The van der Waals surface area contributed by atoms with Crippen molar-refractivity contribution in [2.75, 3.05) is 32.5 Å². The smallest absolute Gasteiger partial charge is 0.223 e. The SMILES string of the molecule is COc1cccc2c1nc(N)n1nc(CN3CCNCC3(C)C)nc21. The number of methoxy groups -OCH3 is 1. The molecule has 0 saturated carbocycles. The highest BCUT2D eigenvalue weighted by Crippen LogP contribution is 2.28. The summed E-state index contributed by atoms with van der Waals surface area (Å²) in [5.41, 5.74) is 7.59. The molecule has 0 spiro atoms. The lowest BCUT2D eigenvalue weighted by molar-refractivity contribution is 0.0800. The molecular formula is C17H23N7O. The summed E-state index contributed by atoms with van der Waals surface area (Å²) < 4.78 is 7.01. The summed E-state index contributed by atoms with van der Waals surface area (Å²) in [6.45, 7) is 8.02. The van der Waals surface area contributed by atoms with Crippen LogP contribution in [0.1, 0.15) is 19.7 Å². The number of hydrogen-bond donors (Lipinski definition) is 2. The van der Waals surface area contributed by atoms with E-state index in [0.29, 0.717) is 29.4 Å². The molecule has 2 aromatic heterocycles. The average molecular weight is 341 g/mol. The highest BCUT2D eigenvalue weighted by Gasteiger charge is 2.30. The molecule has 3 N–H and O–H groups in total. The van der Waals surface area contributed by atoms with Crippen LogP contribution in [0.2, 0.25) is 0 Å². The van der Waals surface area contributed by atoms with Crippen LogP contribution in [0.3, 0.4) is 0 Å². The first-order valence-corrected chi connectivity index (χ1v) is 8.43. The fraction of sp³-hybridized carbons (Fsp3) is 0.471. The second kappa shape index (κ2) is 5.82. The van der Waals surface area contributed by atoms with E-state index in [2.05, 4.69) is 34.1 Å². The van der Waals surface area contributed by atoms with E-state index < -0.39 is 0 Å². The number of nitrogens with two attached hydrogens (primary N) is 1. The second-order valence-electron chi connectivity index (χ2n) is 7.00. The Kier molecular flexibility index (Phi) is 3.73. The van der Waals surface area contributed by atoms with Crippen molar-refractivity contribution in [2.45, 2.75) is 25.9 Å². The summed E-state index contributed by atoms with van der Waals surface area (Å²) in [5.74, 6) is 1.74. The van der Waals surface area contributed by atoms with Gasteiger partial charge in [-0.05, 0) is 26.0 Å². The number of ether oxygens (including phenoxy) is 1. The molecular weight excluding hydrogens is 318 g/mol. The quantitative estimate of drug-likeness (QED) is 0.735. The van der Waals surface area contributed by atoms with Crippen molar-refractivity contribution < 1.29 is 4.74 Å². The van der Waals surface area contributed by atoms with Gasteiger partial charge in [0.15, 0.2) is 11.5 Å². The number of nitrogen functional groups attached to an aromatic ring is 1. The zero-order valence-electron chi connectivity index (χ0n) is 14.8. The Balaban J connectivity index is 1.80. The molecule has 3 aromatic rings. The lowest BCUT2D eigenvalue weighted by atomic mass is 10.0. The predicted octanol–water partition coefficient (Wildman–Crippen LogP) is 1.05. The topological polar surface area (TPSA) is 93.6 Å². The van der Waals surface area contributed by atoms with E-state index in [1.807, 2.05) is 18.2 Å². The molecule has 1 aromatic carbocycles. The van der Waals surface area contributed by atoms with Gasteiger partial charge in [0.2, 0.25) is 5.95 Å². The van der Waals surface area contributed by atoms with Crippen LogP contribution in [0.4, 0.5) is 5.95 Å². The molecule has 1 aliphatic heterocycles. The number of aromatic nitrogens is 4. The van der Waals surface area contributed by atoms with Gasteiger partial charge >= 0.3 is 0 Å². The first-order chi connectivity index (χ1) is 12.0. The van der Waals surface area contributed by atoms with E-state index in [9.17, 15) is 0 Å². The van der Waals surface area contributed by atoms with E-state index in [4.69, 9.17) is 15.5 Å². The van der Waals surface area contributed by atoms with E-state index in [0.717, 1.165) is 30.8 Å². The molecule has 8 nitrogen and oxygen atoms in total. The van der Waals surface area contributed by atoms with Gasteiger partial charge < -0.3 is 15.8 Å². The summed E-state index contributed by atoms with van der Waals surface area (Å²) in [6, 6.07) is 5.76. The maximum Gasteiger partial charge on any atom is 0.223 e. The summed E-state index contributed by atoms with van der Waals surface area (Å²) in [7, 11) is 1.62. The number of rotatable bonds is 3. The molecule has 1 aliphatic rings. The molecule has 25 heavy (non-hydrogen) atoms. The predicted molar refractivity (Wildman–Crippen MR) is 96.6 cm³/mol. The highest BCUT2D eigenvalue weighted by atomic mass is 16.5. The fourth-order valence-corrected chi connectivity index (χ4v) is 3.39. The first-order valence-electron chi connectivity index (χ1n) is 8.43. The van der Waals surface area contributed by atoms with Crippen molar-refractivity contribution in [3.05, 3.63) is 24.0 Å². The Labute approximate surface area is 146 Å². The lowest BCUT2D eigenvalue weighted by Gasteiger charge is -2.42. The number of para-hydroxylation sites is 1. The van der Waals surface area contributed by atoms with Crippen LogP contribution in [0.15, 0.2) is 18.2 Å². The van der Waals surface area contributed by atoms with Crippen molar-refractivity contribution in [3.63, 3.8) is 0 Å². The Hall–Kier alpha value is -2.45. The maximum atomic E-state index is 6.12. The standard InChI is InChI=1S/C17H23N7O/c1-17(2)10-19-7-8-23(17)9-13-20-15-11-5-4-6-12(25-3)14(11)21-16(18)24(15)22-13/h4-6,19H,7-10H2,1-3H3,(H2,18,21). The van der Waals surface area contributed by atoms with Gasteiger partial charge in [0.25, 0.3) is 0 Å².